The highest BCUT2D eigenvalue weighted by Gasteiger charge is 2.47. The number of nitrogens with one attached hydrogen (secondary N) is 2. The number of hydrogen-bond acceptors (Lipinski definition) is 5. The van der Waals surface area contributed by atoms with Gasteiger partial charge in [-0.2, -0.15) is 0 Å². The highest BCUT2D eigenvalue weighted by atomic mass is 16.6. The molecule has 182 valence electrons. The molecule has 3 amide bonds. The standard InChI is InChI=1S/C26H33N3O5/c1-16-10-6-8-12-19(16)28-24(32)23(18-11-7-9-13-21(18)30)29(20-14-17(20)2)22(31)15-27-25(33)34-26(3,4)5/h6-13,17,20,23,30H,14-15H2,1-5H3,(H,27,33)(H,28,32). The topological polar surface area (TPSA) is 108 Å². The van der Waals surface area contributed by atoms with Crippen molar-refractivity contribution in [2.75, 3.05) is 11.9 Å². The molecule has 0 aromatic heterocycles. The molecule has 3 atom stereocenters. The Kier molecular flexibility index (Phi) is 7.49. The molecule has 3 rings (SSSR count). The zero-order valence-electron chi connectivity index (χ0n) is 20.3. The summed E-state index contributed by atoms with van der Waals surface area (Å²) in [5.41, 5.74) is 1.11. The summed E-state index contributed by atoms with van der Waals surface area (Å²) in [6.07, 6.45) is 0.00743. The first kappa shape index (κ1) is 25.1. The number of benzene rings is 2. The Bertz CT molecular complexity index is 1060. The molecule has 2 aromatic rings. The number of carbonyl (C=O) groups excluding carboxylic acids is 3. The normalized spacial score (nSPS) is 17.9. The third-order valence-electron chi connectivity index (χ3n) is 5.66. The van der Waals surface area contributed by atoms with E-state index in [-0.39, 0.29) is 24.3 Å². The maximum atomic E-state index is 13.6. The van der Waals surface area contributed by atoms with Gasteiger partial charge in [-0.1, -0.05) is 43.3 Å². The lowest BCUT2D eigenvalue weighted by molar-refractivity contribution is -0.139. The van der Waals surface area contributed by atoms with Crippen molar-refractivity contribution in [3.05, 3.63) is 59.7 Å². The molecule has 8 nitrogen and oxygen atoms in total. The van der Waals surface area contributed by atoms with Crippen LogP contribution in [0.3, 0.4) is 0 Å². The van der Waals surface area contributed by atoms with Gasteiger partial charge in [0.05, 0.1) is 0 Å². The molecule has 1 saturated carbocycles. The first-order valence-corrected chi connectivity index (χ1v) is 11.4. The van der Waals surface area contributed by atoms with Crippen LogP contribution < -0.4 is 10.6 Å². The predicted molar refractivity (Wildman–Crippen MR) is 129 cm³/mol. The molecule has 0 radical (unpaired) electrons. The lowest BCUT2D eigenvalue weighted by Gasteiger charge is -2.32. The van der Waals surface area contributed by atoms with Crippen molar-refractivity contribution in [3.63, 3.8) is 0 Å². The number of ether oxygens (including phenoxy) is 1. The number of para-hydroxylation sites is 2. The number of nitrogens with zero attached hydrogens (tertiary/aromatic N) is 1. The van der Waals surface area contributed by atoms with Crippen LogP contribution in [-0.4, -0.2) is 46.1 Å². The number of alkyl carbamates (subject to hydrolysis) is 1. The van der Waals surface area contributed by atoms with Gasteiger partial charge in [-0.05, 0) is 57.7 Å². The molecule has 0 heterocycles. The van der Waals surface area contributed by atoms with Gasteiger partial charge < -0.3 is 25.4 Å². The van der Waals surface area contributed by atoms with E-state index in [1.54, 1.807) is 45.0 Å². The lowest BCUT2D eigenvalue weighted by Crippen LogP contribution is -2.48. The van der Waals surface area contributed by atoms with Gasteiger partial charge >= 0.3 is 6.09 Å². The van der Waals surface area contributed by atoms with E-state index in [0.29, 0.717) is 11.3 Å². The molecule has 2 aromatic carbocycles. The summed E-state index contributed by atoms with van der Waals surface area (Å²) in [4.78, 5) is 40.6. The molecule has 0 aliphatic heterocycles. The van der Waals surface area contributed by atoms with Gasteiger partial charge in [0.2, 0.25) is 5.91 Å². The monoisotopic (exact) mass is 467 g/mol. The minimum atomic E-state index is -1.08. The molecule has 3 unspecified atom stereocenters. The zero-order valence-corrected chi connectivity index (χ0v) is 20.3. The van der Waals surface area contributed by atoms with E-state index >= 15 is 0 Å². The van der Waals surface area contributed by atoms with Crippen molar-refractivity contribution >= 4 is 23.6 Å². The molecular weight excluding hydrogens is 434 g/mol. The smallest absolute Gasteiger partial charge is 0.408 e. The summed E-state index contributed by atoms with van der Waals surface area (Å²) in [6, 6.07) is 12.6. The third-order valence-corrected chi connectivity index (χ3v) is 5.66. The number of anilines is 1. The van der Waals surface area contributed by atoms with E-state index in [1.807, 2.05) is 32.0 Å². The van der Waals surface area contributed by atoms with E-state index in [1.165, 1.54) is 11.0 Å². The van der Waals surface area contributed by atoms with Crippen LogP contribution in [0.2, 0.25) is 0 Å². The fourth-order valence-corrected chi connectivity index (χ4v) is 3.81. The van der Waals surface area contributed by atoms with Crippen molar-refractivity contribution in [3.8, 4) is 5.75 Å². The molecule has 0 spiro atoms. The number of phenolic OH excluding ortho intramolecular Hbond substituents is 1. The van der Waals surface area contributed by atoms with Crippen LogP contribution in [0.15, 0.2) is 48.5 Å². The van der Waals surface area contributed by atoms with Crippen LogP contribution in [0, 0.1) is 12.8 Å². The van der Waals surface area contributed by atoms with Crippen molar-refractivity contribution < 1.29 is 24.2 Å². The Morgan fingerprint density at radius 2 is 1.74 bits per heavy atom. The van der Waals surface area contributed by atoms with Crippen LogP contribution in [0.25, 0.3) is 0 Å². The average Bonchev–Trinajstić information content (AvgIpc) is 3.47. The Morgan fingerprint density at radius 3 is 2.32 bits per heavy atom. The van der Waals surface area contributed by atoms with Crippen LogP contribution in [-0.2, 0) is 14.3 Å². The number of phenols is 1. The van der Waals surface area contributed by atoms with Gasteiger partial charge in [0, 0.05) is 17.3 Å². The maximum absolute atomic E-state index is 13.6. The van der Waals surface area contributed by atoms with E-state index in [2.05, 4.69) is 10.6 Å². The summed E-state index contributed by atoms with van der Waals surface area (Å²) in [5, 5.41) is 16.0. The second kappa shape index (κ2) is 10.2. The van der Waals surface area contributed by atoms with Crippen molar-refractivity contribution in [1.82, 2.24) is 10.2 Å². The van der Waals surface area contributed by atoms with Crippen LogP contribution in [0.1, 0.15) is 51.3 Å². The number of carbonyl (C=O) groups is 3. The van der Waals surface area contributed by atoms with E-state index in [0.717, 1.165) is 12.0 Å². The largest absolute Gasteiger partial charge is 0.508 e. The highest BCUT2D eigenvalue weighted by molar-refractivity contribution is 5.99. The molecule has 34 heavy (non-hydrogen) atoms. The van der Waals surface area contributed by atoms with Gasteiger partial charge in [-0.3, -0.25) is 9.59 Å². The van der Waals surface area contributed by atoms with Gasteiger partial charge in [0.15, 0.2) is 0 Å². The molecule has 1 fully saturated rings. The predicted octanol–water partition coefficient (Wildman–Crippen LogP) is 4.14. The Morgan fingerprint density at radius 1 is 1.12 bits per heavy atom. The molecule has 1 aliphatic carbocycles. The summed E-state index contributed by atoms with van der Waals surface area (Å²) in [7, 11) is 0. The summed E-state index contributed by atoms with van der Waals surface area (Å²) in [6.45, 7) is 8.73. The first-order chi connectivity index (χ1) is 16.0. The number of hydrogen-bond donors (Lipinski definition) is 3. The van der Waals surface area contributed by atoms with Gasteiger partial charge in [0.25, 0.3) is 5.91 Å². The molecular formula is C26H33N3O5. The second-order valence-electron chi connectivity index (χ2n) is 9.70. The van der Waals surface area contributed by atoms with Crippen molar-refractivity contribution in [2.45, 2.75) is 58.7 Å². The quantitative estimate of drug-likeness (QED) is 0.567. The molecule has 3 N–H and O–H groups in total. The van der Waals surface area contributed by atoms with Gasteiger partial charge in [-0.25, -0.2) is 4.79 Å². The SMILES string of the molecule is Cc1ccccc1NC(=O)C(c1ccccc1O)N(C(=O)CNC(=O)OC(C)(C)C)C1CC1C. The van der Waals surface area contributed by atoms with E-state index < -0.39 is 29.6 Å². The third kappa shape index (κ3) is 6.27. The zero-order chi connectivity index (χ0) is 25.0. The minimum Gasteiger partial charge on any atom is -0.508 e. The summed E-state index contributed by atoms with van der Waals surface area (Å²) in [5.74, 6) is -0.780. The minimum absolute atomic E-state index is 0.0846. The number of rotatable bonds is 7. The van der Waals surface area contributed by atoms with E-state index in [9.17, 15) is 19.5 Å². The first-order valence-electron chi connectivity index (χ1n) is 11.4. The molecule has 8 heteroatoms. The van der Waals surface area contributed by atoms with Crippen LogP contribution in [0.4, 0.5) is 10.5 Å². The van der Waals surface area contributed by atoms with Crippen LogP contribution >= 0.6 is 0 Å². The fraction of sp³-hybridized carbons (Fsp3) is 0.423. The fourth-order valence-electron chi connectivity index (χ4n) is 3.81. The number of aryl methyl sites for hydroxylation is 1. The van der Waals surface area contributed by atoms with Crippen molar-refractivity contribution in [1.29, 1.82) is 0 Å². The maximum Gasteiger partial charge on any atom is 0.408 e. The van der Waals surface area contributed by atoms with Crippen molar-refractivity contribution in [2.24, 2.45) is 5.92 Å². The number of aromatic hydroxyl groups is 1. The lowest BCUT2D eigenvalue weighted by atomic mass is 10.0. The second-order valence-corrected chi connectivity index (χ2v) is 9.70. The molecule has 0 saturated heterocycles. The molecule has 1 aliphatic rings. The Hall–Kier alpha value is -3.55. The van der Waals surface area contributed by atoms with Gasteiger partial charge in [-0.15, -0.1) is 0 Å². The number of amides is 3. The molecule has 0 bridgehead atoms. The van der Waals surface area contributed by atoms with Gasteiger partial charge in [0.1, 0.15) is 23.9 Å². The Balaban J connectivity index is 1.91. The average molecular weight is 468 g/mol. The van der Waals surface area contributed by atoms with Crippen LogP contribution in [0.5, 0.6) is 5.75 Å². The summed E-state index contributed by atoms with van der Waals surface area (Å²) >= 11 is 0. The van der Waals surface area contributed by atoms with E-state index in [4.69, 9.17) is 4.74 Å². The Labute approximate surface area is 200 Å². The highest BCUT2D eigenvalue weighted by Crippen LogP contribution is 2.42. The summed E-state index contributed by atoms with van der Waals surface area (Å²) < 4.78 is 5.23.